The van der Waals surface area contributed by atoms with Crippen molar-refractivity contribution in [2.45, 2.75) is 72.1 Å². The SMILES string of the molecule is CC(C)C[C@@H](C(=O)C(C)C)N(C)C(=O)[C@@H]1CCCN1C(=O)[C@H](C)O. The number of Topliss-reactive ketones (excluding diaryl/α,β-unsaturated/α-hetero) is 1. The third kappa shape index (κ3) is 4.79. The number of aliphatic hydroxyl groups excluding tert-OH is 1. The second-order valence-corrected chi connectivity index (χ2v) is 7.52. The Morgan fingerprint density at radius 2 is 1.75 bits per heavy atom. The first-order chi connectivity index (χ1) is 11.1. The second kappa shape index (κ2) is 8.60. The van der Waals surface area contributed by atoms with Gasteiger partial charge in [-0.2, -0.15) is 0 Å². The number of likely N-dealkylation sites (N-methyl/N-ethyl adjacent to an activating group) is 1. The highest BCUT2D eigenvalue weighted by atomic mass is 16.3. The third-order valence-electron chi connectivity index (χ3n) is 4.59. The van der Waals surface area contributed by atoms with Crippen LogP contribution in [0.1, 0.15) is 53.9 Å². The standard InChI is InChI=1S/C18H32N2O4/c1-11(2)10-15(16(22)12(3)4)19(6)18(24)14-8-7-9-20(14)17(23)13(5)21/h11-15,21H,7-10H2,1-6H3/t13-,14-,15-/m0/s1. The summed E-state index contributed by atoms with van der Waals surface area (Å²) in [7, 11) is 1.65. The molecule has 24 heavy (non-hydrogen) atoms. The maximum absolute atomic E-state index is 12.9. The molecule has 0 aromatic carbocycles. The summed E-state index contributed by atoms with van der Waals surface area (Å²) in [5.41, 5.74) is 0. The average Bonchev–Trinajstić information content (AvgIpc) is 2.98. The molecular formula is C18H32N2O4. The van der Waals surface area contributed by atoms with E-state index in [9.17, 15) is 19.5 Å². The summed E-state index contributed by atoms with van der Waals surface area (Å²) in [5.74, 6) is -0.448. The van der Waals surface area contributed by atoms with E-state index in [0.717, 1.165) is 6.42 Å². The van der Waals surface area contributed by atoms with Crippen LogP contribution in [0.25, 0.3) is 0 Å². The molecule has 0 aliphatic carbocycles. The first-order valence-electron chi connectivity index (χ1n) is 8.86. The molecule has 1 saturated heterocycles. The van der Waals surface area contributed by atoms with E-state index in [1.165, 1.54) is 16.7 Å². The molecule has 0 aromatic heterocycles. The fourth-order valence-electron chi connectivity index (χ4n) is 3.21. The molecule has 1 fully saturated rings. The minimum absolute atomic E-state index is 0.0472. The molecule has 1 rings (SSSR count). The fourth-order valence-corrected chi connectivity index (χ4v) is 3.21. The van der Waals surface area contributed by atoms with E-state index in [1.54, 1.807) is 7.05 Å². The quantitative estimate of drug-likeness (QED) is 0.761. The Morgan fingerprint density at radius 3 is 2.21 bits per heavy atom. The van der Waals surface area contributed by atoms with Crippen LogP contribution in [-0.2, 0) is 14.4 Å². The Kier molecular flexibility index (Phi) is 7.39. The average molecular weight is 340 g/mol. The molecule has 3 atom stereocenters. The van der Waals surface area contributed by atoms with Crippen molar-refractivity contribution in [3.8, 4) is 0 Å². The number of carbonyl (C=O) groups is 3. The summed E-state index contributed by atoms with van der Waals surface area (Å²) in [5, 5.41) is 9.54. The molecule has 0 spiro atoms. The summed E-state index contributed by atoms with van der Waals surface area (Å²) in [6.45, 7) is 9.62. The van der Waals surface area contributed by atoms with Gasteiger partial charge in [0.05, 0.1) is 6.04 Å². The van der Waals surface area contributed by atoms with Crippen LogP contribution in [0.15, 0.2) is 0 Å². The highest BCUT2D eigenvalue weighted by Gasteiger charge is 2.39. The molecular weight excluding hydrogens is 308 g/mol. The van der Waals surface area contributed by atoms with Crippen molar-refractivity contribution in [2.24, 2.45) is 11.8 Å². The number of hydrogen-bond donors (Lipinski definition) is 1. The van der Waals surface area contributed by atoms with E-state index in [4.69, 9.17) is 0 Å². The zero-order chi connectivity index (χ0) is 18.6. The van der Waals surface area contributed by atoms with Crippen molar-refractivity contribution in [2.75, 3.05) is 13.6 Å². The summed E-state index contributed by atoms with van der Waals surface area (Å²) in [6, 6.07) is -1.05. The van der Waals surface area contributed by atoms with Crippen LogP contribution in [0.2, 0.25) is 0 Å². The smallest absolute Gasteiger partial charge is 0.251 e. The van der Waals surface area contributed by atoms with Gasteiger partial charge >= 0.3 is 0 Å². The van der Waals surface area contributed by atoms with Crippen LogP contribution >= 0.6 is 0 Å². The molecule has 0 radical (unpaired) electrons. The van der Waals surface area contributed by atoms with Crippen molar-refractivity contribution >= 4 is 17.6 Å². The molecule has 138 valence electrons. The maximum Gasteiger partial charge on any atom is 0.251 e. The number of likely N-dealkylation sites (tertiary alicyclic amines) is 1. The fraction of sp³-hybridized carbons (Fsp3) is 0.833. The largest absolute Gasteiger partial charge is 0.384 e. The first kappa shape index (κ1) is 20.6. The highest BCUT2D eigenvalue weighted by Crippen LogP contribution is 2.23. The molecule has 0 saturated carbocycles. The van der Waals surface area contributed by atoms with Gasteiger partial charge in [0.1, 0.15) is 12.1 Å². The van der Waals surface area contributed by atoms with Crippen molar-refractivity contribution in [1.29, 1.82) is 0 Å². The van der Waals surface area contributed by atoms with E-state index < -0.39 is 24.1 Å². The van der Waals surface area contributed by atoms with Gasteiger partial charge in [-0.3, -0.25) is 14.4 Å². The lowest BCUT2D eigenvalue weighted by atomic mass is 9.92. The van der Waals surface area contributed by atoms with E-state index in [-0.39, 0.29) is 23.5 Å². The van der Waals surface area contributed by atoms with Gasteiger partial charge in [-0.15, -0.1) is 0 Å². The van der Waals surface area contributed by atoms with Crippen LogP contribution in [0.5, 0.6) is 0 Å². The van der Waals surface area contributed by atoms with Crippen molar-refractivity contribution in [1.82, 2.24) is 9.80 Å². The minimum atomic E-state index is -1.12. The van der Waals surface area contributed by atoms with Gasteiger partial charge in [0.25, 0.3) is 5.91 Å². The highest BCUT2D eigenvalue weighted by molar-refractivity contribution is 5.94. The molecule has 6 nitrogen and oxygen atoms in total. The number of carbonyl (C=O) groups excluding carboxylic acids is 3. The van der Waals surface area contributed by atoms with Crippen LogP contribution in [0.4, 0.5) is 0 Å². The zero-order valence-corrected chi connectivity index (χ0v) is 15.8. The number of aliphatic hydroxyl groups is 1. The number of ketones is 1. The number of hydrogen-bond acceptors (Lipinski definition) is 4. The summed E-state index contributed by atoms with van der Waals surface area (Å²) >= 11 is 0. The zero-order valence-electron chi connectivity index (χ0n) is 15.8. The summed E-state index contributed by atoms with van der Waals surface area (Å²) < 4.78 is 0. The molecule has 1 aliphatic heterocycles. The topological polar surface area (TPSA) is 77.9 Å². The van der Waals surface area contributed by atoms with E-state index in [0.29, 0.717) is 19.4 Å². The Labute approximate surface area is 145 Å². The number of nitrogens with zero attached hydrogens (tertiary/aromatic N) is 2. The molecule has 1 heterocycles. The van der Waals surface area contributed by atoms with Crippen LogP contribution in [0.3, 0.4) is 0 Å². The van der Waals surface area contributed by atoms with Crippen LogP contribution in [0, 0.1) is 11.8 Å². The van der Waals surface area contributed by atoms with Gasteiger partial charge in [0, 0.05) is 19.5 Å². The first-order valence-corrected chi connectivity index (χ1v) is 8.86. The number of rotatable bonds is 7. The van der Waals surface area contributed by atoms with E-state index in [2.05, 4.69) is 0 Å². The van der Waals surface area contributed by atoms with Gasteiger partial charge in [-0.25, -0.2) is 0 Å². The Morgan fingerprint density at radius 1 is 1.17 bits per heavy atom. The molecule has 2 amide bonds. The lowest BCUT2D eigenvalue weighted by Crippen LogP contribution is -2.53. The van der Waals surface area contributed by atoms with Gasteiger partial charge in [0.15, 0.2) is 5.78 Å². The second-order valence-electron chi connectivity index (χ2n) is 7.52. The van der Waals surface area contributed by atoms with Crippen LogP contribution < -0.4 is 0 Å². The normalized spacial score (nSPS) is 20.4. The predicted octanol–water partition coefficient (Wildman–Crippen LogP) is 1.46. The third-order valence-corrected chi connectivity index (χ3v) is 4.59. The van der Waals surface area contributed by atoms with Gasteiger partial charge in [-0.1, -0.05) is 27.7 Å². The van der Waals surface area contributed by atoms with Gasteiger partial charge in [-0.05, 0) is 32.1 Å². The van der Waals surface area contributed by atoms with Crippen molar-refractivity contribution < 1.29 is 19.5 Å². The van der Waals surface area contributed by atoms with Crippen molar-refractivity contribution in [3.63, 3.8) is 0 Å². The molecule has 0 unspecified atom stereocenters. The Balaban J connectivity index is 2.96. The lowest BCUT2D eigenvalue weighted by Gasteiger charge is -2.34. The molecule has 0 bridgehead atoms. The molecule has 0 aromatic rings. The molecule has 1 N–H and O–H groups in total. The van der Waals surface area contributed by atoms with Gasteiger partial charge < -0.3 is 14.9 Å². The molecule has 6 heteroatoms. The summed E-state index contributed by atoms with van der Waals surface area (Å²) in [6.07, 6.45) is 0.796. The monoisotopic (exact) mass is 340 g/mol. The minimum Gasteiger partial charge on any atom is -0.384 e. The van der Waals surface area contributed by atoms with E-state index in [1.807, 2.05) is 27.7 Å². The maximum atomic E-state index is 12.9. The predicted molar refractivity (Wildman–Crippen MR) is 92.3 cm³/mol. The van der Waals surface area contributed by atoms with Crippen LogP contribution in [-0.4, -0.2) is 64.3 Å². The van der Waals surface area contributed by atoms with E-state index >= 15 is 0 Å². The summed E-state index contributed by atoms with van der Waals surface area (Å²) in [4.78, 5) is 40.6. The Bertz CT molecular complexity index is 474. The van der Waals surface area contributed by atoms with Crippen molar-refractivity contribution in [3.05, 3.63) is 0 Å². The lowest BCUT2D eigenvalue weighted by molar-refractivity contribution is -0.150. The van der Waals surface area contributed by atoms with Gasteiger partial charge in [0.2, 0.25) is 5.91 Å². The molecule has 1 aliphatic rings. The number of amides is 2. The Hall–Kier alpha value is -1.43.